The SMILES string of the molecule is CC[C@@H](C)C(=O)N1CCN(Cc2ccc(Br)cn2)CC1. The van der Waals surface area contributed by atoms with Crippen LogP contribution in [0.3, 0.4) is 0 Å². The van der Waals surface area contributed by atoms with Gasteiger partial charge in [-0.1, -0.05) is 13.8 Å². The normalized spacial score (nSPS) is 18.1. The predicted octanol–water partition coefficient (Wildman–Crippen LogP) is 2.53. The van der Waals surface area contributed by atoms with Gasteiger partial charge in [-0.2, -0.15) is 0 Å². The molecule has 0 radical (unpaired) electrons. The molecule has 1 amide bonds. The molecule has 20 heavy (non-hydrogen) atoms. The molecule has 0 bridgehead atoms. The summed E-state index contributed by atoms with van der Waals surface area (Å²) in [7, 11) is 0. The Morgan fingerprint density at radius 1 is 1.35 bits per heavy atom. The number of halogens is 1. The van der Waals surface area contributed by atoms with Crippen LogP contribution in [0, 0.1) is 5.92 Å². The minimum atomic E-state index is 0.148. The van der Waals surface area contributed by atoms with Gasteiger partial charge >= 0.3 is 0 Å². The molecule has 1 aliphatic rings. The van der Waals surface area contributed by atoms with E-state index in [2.05, 4.69) is 32.7 Å². The predicted molar refractivity (Wildman–Crippen MR) is 83.2 cm³/mol. The number of carbonyl (C=O) groups excluding carboxylic acids is 1. The fourth-order valence-corrected chi connectivity index (χ4v) is 2.58. The van der Waals surface area contributed by atoms with Gasteiger partial charge in [0, 0.05) is 49.3 Å². The second kappa shape index (κ2) is 7.18. The Hall–Kier alpha value is -0.940. The van der Waals surface area contributed by atoms with E-state index in [9.17, 15) is 4.79 Å². The molecule has 0 aliphatic carbocycles. The number of piperazine rings is 1. The first kappa shape index (κ1) is 15.4. The number of hydrogen-bond acceptors (Lipinski definition) is 3. The number of amides is 1. The third-order valence-electron chi connectivity index (χ3n) is 3.89. The molecule has 0 N–H and O–H groups in total. The molecule has 1 aromatic heterocycles. The van der Waals surface area contributed by atoms with Gasteiger partial charge in [-0.25, -0.2) is 0 Å². The van der Waals surface area contributed by atoms with Gasteiger partial charge in [0.1, 0.15) is 0 Å². The molecule has 2 rings (SSSR count). The first-order valence-electron chi connectivity index (χ1n) is 7.21. The molecular weight excluding hydrogens is 318 g/mol. The Balaban J connectivity index is 1.82. The summed E-state index contributed by atoms with van der Waals surface area (Å²) >= 11 is 3.39. The largest absolute Gasteiger partial charge is 0.340 e. The first-order valence-corrected chi connectivity index (χ1v) is 8.01. The third-order valence-corrected chi connectivity index (χ3v) is 4.36. The topological polar surface area (TPSA) is 36.4 Å². The van der Waals surface area contributed by atoms with Gasteiger partial charge in [-0.3, -0.25) is 14.7 Å². The molecule has 0 spiro atoms. The van der Waals surface area contributed by atoms with Crippen LogP contribution in [0.4, 0.5) is 0 Å². The van der Waals surface area contributed by atoms with Crippen molar-refractivity contribution in [2.75, 3.05) is 26.2 Å². The monoisotopic (exact) mass is 339 g/mol. The summed E-state index contributed by atoms with van der Waals surface area (Å²) in [6.07, 6.45) is 2.75. The van der Waals surface area contributed by atoms with E-state index >= 15 is 0 Å². The number of nitrogens with zero attached hydrogens (tertiary/aromatic N) is 3. The van der Waals surface area contributed by atoms with Crippen LogP contribution in [0.2, 0.25) is 0 Å². The van der Waals surface area contributed by atoms with Crippen molar-refractivity contribution in [3.63, 3.8) is 0 Å². The molecule has 1 aromatic rings. The first-order chi connectivity index (χ1) is 9.60. The van der Waals surface area contributed by atoms with Crippen molar-refractivity contribution in [1.82, 2.24) is 14.8 Å². The van der Waals surface area contributed by atoms with Gasteiger partial charge in [0.2, 0.25) is 5.91 Å². The molecule has 0 unspecified atom stereocenters. The lowest BCUT2D eigenvalue weighted by atomic mass is 10.1. The number of hydrogen-bond donors (Lipinski definition) is 0. The lowest BCUT2D eigenvalue weighted by Crippen LogP contribution is -2.49. The summed E-state index contributed by atoms with van der Waals surface area (Å²) in [6.45, 7) is 8.47. The molecule has 0 aromatic carbocycles. The number of carbonyl (C=O) groups is 1. The van der Waals surface area contributed by atoms with Gasteiger partial charge < -0.3 is 4.90 Å². The number of pyridine rings is 1. The van der Waals surface area contributed by atoms with Gasteiger partial charge in [0.05, 0.1) is 5.69 Å². The molecule has 1 aliphatic heterocycles. The van der Waals surface area contributed by atoms with E-state index in [0.717, 1.165) is 49.3 Å². The van der Waals surface area contributed by atoms with Crippen molar-refractivity contribution in [2.45, 2.75) is 26.8 Å². The maximum Gasteiger partial charge on any atom is 0.225 e. The van der Waals surface area contributed by atoms with Crippen LogP contribution < -0.4 is 0 Å². The maximum absolute atomic E-state index is 12.1. The third kappa shape index (κ3) is 4.03. The lowest BCUT2D eigenvalue weighted by molar-refractivity contribution is -0.136. The minimum Gasteiger partial charge on any atom is -0.340 e. The van der Waals surface area contributed by atoms with Crippen LogP contribution >= 0.6 is 15.9 Å². The standard InChI is InChI=1S/C15H22BrN3O/c1-3-12(2)15(20)19-8-6-18(7-9-19)11-14-5-4-13(16)10-17-14/h4-5,10,12H,3,6-9,11H2,1-2H3/t12-/m1/s1. The molecule has 5 heteroatoms. The van der Waals surface area contributed by atoms with E-state index in [-0.39, 0.29) is 5.92 Å². The highest BCUT2D eigenvalue weighted by Gasteiger charge is 2.23. The van der Waals surface area contributed by atoms with E-state index in [1.54, 1.807) is 0 Å². The highest BCUT2D eigenvalue weighted by atomic mass is 79.9. The van der Waals surface area contributed by atoms with Crippen LogP contribution in [-0.2, 0) is 11.3 Å². The Bertz CT molecular complexity index is 441. The molecule has 2 heterocycles. The van der Waals surface area contributed by atoms with Gasteiger partial charge in [0.15, 0.2) is 0 Å². The zero-order valence-corrected chi connectivity index (χ0v) is 13.8. The number of aromatic nitrogens is 1. The minimum absolute atomic E-state index is 0.148. The van der Waals surface area contributed by atoms with Crippen LogP contribution in [0.1, 0.15) is 26.0 Å². The van der Waals surface area contributed by atoms with Crippen molar-refractivity contribution in [3.8, 4) is 0 Å². The van der Waals surface area contributed by atoms with Crippen LogP contribution in [0.25, 0.3) is 0 Å². The molecule has 1 fully saturated rings. The Kier molecular flexibility index (Phi) is 5.54. The van der Waals surface area contributed by atoms with E-state index in [1.807, 2.05) is 30.2 Å². The Labute approximate surface area is 129 Å². The fourth-order valence-electron chi connectivity index (χ4n) is 2.34. The molecular formula is C15H22BrN3O. The van der Waals surface area contributed by atoms with Gasteiger partial charge in [-0.05, 0) is 34.5 Å². The van der Waals surface area contributed by atoms with Crippen molar-refractivity contribution < 1.29 is 4.79 Å². The number of rotatable bonds is 4. The van der Waals surface area contributed by atoms with Crippen LogP contribution in [0.5, 0.6) is 0 Å². The fraction of sp³-hybridized carbons (Fsp3) is 0.600. The van der Waals surface area contributed by atoms with E-state index < -0.39 is 0 Å². The van der Waals surface area contributed by atoms with Gasteiger partial charge in [-0.15, -0.1) is 0 Å². The average molecular weight is 340 g/mol. The van der Waals surface area contributed by atoms with Crippen molar-refractivity contribution in [2.24, 2.45) is 5.92 Å². The molecule has 1 atom stereocenters. The van der Waals surface area contributed by atoms with E-state index in [1.165, 1.54) is 0 Å². The highest BCUT2D eigenvalue weighted by Crippen LogP contribution is 2.13. The Morgan fingerprint density at radius 2 is 2.05 bits per heavy atom. The molecule has 4 nitrogen and oxygen atoms in total. The van der Waals surface area contributed by atoms with Crippen LogP contribution in [-0.4, -0.2) is 46.9 Å². The summed E-state index contributed by atoms with van der Waals surface area (Å²) in [4.78, 5) is 20.9. The summed E-state index contributed by atoms with van der Waals surface area (Å²) in [5, 5.41) is 0. The maximum atomic E-state index is 12.1. The zero-order chi connectivity index (χ0) is 14.5. The highest BCUT2D eigenvalue weighted by molar-refractivity contribution is 9.10. The zero-order valence-electron chi connectivity index (χ0n) is 12.2. The summed E-state index contributed by atoms with van der Waals surface area (Å²) in [5.41, 5.74) is 1.08. The van der Waals surface area contributed by atoms with Gasteiger partial charge in [0.25, 0.3) is 0 Å². The van der Waals surface area contributed by atoms with Crippen molar-refractivity contribution >= 4 is 21.8 Å². The molecule has 0 saturated carbocycles. The van der Waals surface area contributed by atoms with Crippen molar-refractivity contribution in [1.29, 1.82) is 0 Å². The van der Waals surface area contributed by atoms with Crippen LogP contribution in [0.15, 0.2) is 22.8 Å². The molecule has 110 valence electrons. The quantitative estimate of drug-likeness (QED) is 0.845. The summed E-state index contributed by atoms with van der Waals surface area (Å²) in [5.74, 6) is 0.448. The lowest BCUT2D eigenvalue weighted by Gasteiger charge is -2.35. The second-order valence-electron chi connectivity index (χ2n) is 5.38. The van der Waals surface area contributed by atoms with E-state index in [0.29, 0.717) is 5.91 Å². The Morgan fingerprint density at radius 3 is 2.60 bits per heavy atom. The average Bonchev–Trinajstić information content (AvgIpc) is 2.49. The van der Waals surface area contributed by atoms with Crippen molar-refractivity contribution in [3.05, 3.63) is 28.5 Å². The summed E-state index contributed by atoms with van der Waals surface area (Å²) in [6, 6.07) is 4.06. The second-order valence-corrected chi connectivity index (χ2v) is 6.29. The molecule has 1 saturated heterocycles. The summed E-state index contributed by atoms with van der Waals surface area (Å²) < 4.78 is 1.00. The smallest absolute Gasteiger partial charge is 0.225 e. The van der Waals surface area contributed by atoms with E-state index in [4.69, 9.17) is 0 Å².